The van der Waals surface area contributed by atoms with Gasteiger partial charge in [-0.2, -0.15) is 0 Å². The van der Waals surface area contributed by atoms with Gasteiger partial charge < -0.3 is 30.5 Å². The molecule has 0 aliphatic rings. The molecule has 4 N–H and O–H groups in total. The minimum absolute atomic E-state index is 0.00600. The third-order valence-electron chi connectivity index (χ3n) is 5.82. The fourth-order valence-corrected chi connectivity index (χ4v) is 4.04. The van der Waals surface area contributed by atoms with Crippen molar-refractivity contribution < 1.29 is 38.6 Å². The summed E-state index contributed by atoms with van der Waals surface area (Å²) in [6.07, 6.45) is -1.52. The highest BCUT2D eigenvalue weighted by Gasteiger charge is 2.30. The van der Waals surface area contributed by atoms with E-state index in [9.17, 15) is 29.1 Å². The number of carboxylic acids is 1. The number of halogens is 2. The van der Waals surface area contributed by atoms with Gasteiger partial charge in [-0.15, -0.1) is 0 Å². The largest absolute Gasteiger partial charge is 0.481 e. The second-order valence-electron chi connectivity index (χ2n) is 9.48. The van der Waals surface area contributed by atoms with Crippen LogP contribution in [0.4, 0.5) is 4.79 Å². The summed E-state index contributed by atoms with van der Waals surface area (Å²) >= 11 is 12.2. The molecule has 0 fully saturated rings. The van der Waals surface area contributed by atoms with E-state index in [2.05, 4.69) is 16.0 Å². The summed E-state index contributed by atoms with van der Waals surface area (Å²) in [5.74, 6) is -3.86. The zero-order valence-electron chi connectivity index (χ0n) is 22.8. The van der Waals surface area contributed by atoms with E-state index in [0.717, 1.165) is 5.56 Å². The number of nitrogens with one attached hydrogen (secondary N) is 3. The molecular formula is C28H33Cl2N3O8. The second kappa shape index (κ2) is 16.6. The molecule has 3 atom stereocenters. The SMILES string of the molecule is CC(C)[C@H](NC(=O)OCc1ccccc1)C(=O)N[C@@H](C)C(=O)N[C@@H](CC(=O)O)C(=O)COCc1c(Cl)cccc1Cl. The number of alkyl carbamates (subject to hydrolysis) is 1. The Labute approximate surface area is 247 Å². The fraction of sp³-hybridized carbons (Fsp3) is 0.393. The first-order chi connectivity index (χ1) is 19.4. The number of carbonyl (C=O) groups excluding carboxylic acids is 4. The van der Waals surface area contributed by atoms with Gasteiger partial charge in [-0.25, -0.2) is 4.79 Å². The molecule has 0 heterocycles. The summed E-state index contributed by atoms with van der Waals surface area (Å²) < 4.78 is 10.5. The average Bonchev–Trinajstić information content (AvgIpc) is 2.91. The van der Waals surface area contributed by atoms with Crippen LogP contribution in [0.25, 0.3) is 0 Å². The van der Waals surface area contributed by atoms with E-state index < -0.39 is 60.8 Å². The maximum Gasteiger partial charge on any atom is 0.408 e. The molecule has 2 aromatic carbocycles. The van der Waals surface area contributed by atoms with Crippen molar-refractivity contribution in [1.29, 1.82) is 0 Å². The standard InChI is InChI=1S/C28H33Cl2N3O8/c1-16(2)25(33-28(39)41-13-18-8-5-4-6-9-18)27(38)31-17(3)26(37)32-22(12-24(35)36)23(34)15-40-14-19-20(29)10-7-11-21(19)30/h4-11,16-17,22,25H,12-15H2,1-3H3,(H,31,38)(H,32,37)(H,33,39)(H,35,36)/t17-,22-,25-/m0/s1. The first kappa shape index (κ1) is 33.5. The van der Waals surface area contributed by atoms with Crippen LogP contribution in [0.15, 0.2) is 48.5 Å². The topological polar surface area (TPSA) is 160 Å². The van der Waals surface area contributed by atoms with E-state index in [0.29, 0.717) is 15.6 Å². The van der Waals surface area contributed by atoms with Crippen molar-refractivity contribution in [2.45, 2.75) is 58.5 Å². The van der Waals surface area contributed by atoms with E-state index in [-0.39, 0.29) is 19.1 Å². The number of carboxylic acid groups (broad SMARTS) is 1. The zero-order valence-corrected chi connectivity index (χ0v) is 24.3. The Bertz CT molecular complexity index is 1210. The summed E-state index contributed by atoms with van der Waals surface area (Å²) in [5.41, 5.74) is 1.22. The Kier molecular flexibility index (Phi) is 13.5. The predicted octanol–water partition coefficient (Wildman–Crippen LogP) is 3.49. The number of Topliss-reactive ketones (excluding diaryl/α,β-unsaturated/α-hetero) is 1. The molecule has 0 bridgehead atoms. The summed E-state index contributed by atoms with van der Waals surface area (Å²) in [4.78, 5) is 62.0. The molecule has 41 heavy (non-hydrogen) atoms. The van der Waals surface area contributed by atoms with Gasteiger partial charge in [0.2, 0.25) is 11.8 Å². The Balaban J connectivity index is 1.93. The molecule has 3 amide bonds. The Hall–Kier alpha value is -3.67. The van der Waals surface area contributed by atoms with Gasteiger partial charge >= 0.3 is 12.1 Å². The van der Waals surface area contributed by atoms with Crippen molar-refractivity contribution in [3.05, 3.63) is 69.7 Å². The summed E-state index contributed by atoms with van der Waals surface area (Å²) in [6, 6.07) is 10.2. The van der Waals surface area contributed by atoms with Crippen molar-refractivity contribution in [2.75, 3.05) is 6.61 Å². The molecule has 0 spiro atoms. The molecule has 0 radical (unpaired) electrons. The van der Waals surface area contributed by atoms with Crippen LogP contribution in [-0.4, -0.2) is 59.5 Å². The molecule has 11 nitrogen and oxygen atoms in total. The number of ketones is 1. The van der Waals surface area contributed by atoms with E-state index in [4.69, 9.17) is 32.7 Å². The van der Waals surface area contributed by atoms with Gasteiger partial charge in [0.25, 0.3) is 0 Å². The predicted molar refractivity (Wildman–Crippen MR) is 151 cm³/mol. The quantitative estimate of drug-likeness (QED) is 0.239. The first-order valence-electron chi connectivity index (χ1n) is 12.7. The minimum Gasteiger partial charge on any atom is -0.481 e. The zero-order chi connectivity index (χ0) is 30.5. The van der Waals surface area contributed by atoms with Crippen molar-refractivity contribution in [3.8, 4) is 0 Å². The second-order valence-corrected chi connectivity index (χ2v) is 10.3. The van der Waals surface area contributed by atoms with Crippen LogP contribution in [0.2, 0.25) is 10.0 Å². The van der Waals surface area contributed by atoms with Crippen LogP contribution in [-0.2, 0) is 41.9 Å². The summed E-state index contributed by atoms with van der Waals surface area (Å²) in [7, 11) is 0. The molecule has 2 aromatic rings. The first-order valence-corrected chi connectivity index (χ1v) is 13.5. The molecule has 13 heteroatoms. The van der Waals surface area contributed by atoms with E-state index >= 15 is 0 Å². The normalized spacial score (nSPS) is 13.0. The summed E-state index contributed by atoms with van der Waals surface area (Å²) in [6.45, 7) is 4.13. The van der Waals surface area contributed by atoms with Gasteiger partial charge in [0.05, 0.1) is 13.0 Å². The lowest BCUT2D eigenvalue weighted by atomic mass is 10.0. The van der Waals surface area contributed by atoms with Crippen molar-refractivity contribution in [2.24, 2.45) is 5.92 Å². The highest BCUT2D eigenvalue weighted by Crippen LogP contribution is 2.24. The van der Waals surface area contributed by atoms with E-state index in [1.54, 1.807) is 56.3 Å². The number of carbonyl (C=O) groups is 5. The van der Waals surface area contributed by atoms with Crippen LogP contribution in [0.1, 0.15) is 38.3 Å². The lowest BCUT2D eigenvalue weighted by molar-refractivity contribution is -0.141. The highest BCUT2D eigenvalue weighted by atomic mass is 35.5. The number of rotatable bonds is 15. The summed E-state index contributed by atoms with van der Waals surface area (Å²) in [5, 5.41) is 17.2. The molecule has 0 saturated heterocycles. The molecular weight excluding hydrogens is 577 g/mol. The van der Waals surface area contributed by atoms with Crippen molar-refractivity contribution in [1.82, 2.24) is 16.0 Å². The third-order valence-corrected chi connectivity index (χ3v) is 6.53. The van der Waals surface area contributed by atoms with Crippen LogP contribution in [0.3, 0.4) is 0 Å². The Morgan fingerprint density at radius 1 is 0.829 bits per heavy atom. The van der Waals surface area contributed by atoms with Crippen LogP contribution >= 0.6 is 23.2 Å². The number of amides is 3. The van der Waals surface area contributed by atoms with Crippen LogP contribution in [0, 0.1) is 5.92 Å². The lowest BCUT2D eigenvalue weighted by Crippen LogP contribution is -2.56. The number of aliphatic carboxylic acids is 1. The molecule has 0 aliphatic carbocycles. The highest BCUT2D eigenvalue weighted by molar-refractivity contribution is 6.35. The average molecular weight is 610 g/mol. The number of ether oxygens (including phenoxy) is 2. The molecule has 222 valence electrons. The van der Waals surface area contributed by atoms with Gasteiger partial charge in [0, 0.05) is 15.6 Å². The van der Waals surface area contributed by atoms with Gasteiger partial charge in [0.15, 0.2) is 5.78 Å². The molecule has 0 unspecified atom stereocenters. The number of benzene rings is 2. The van der Waals surface area contributed by atoms with E-state index in [1.165, 1.54) is 6.92 Å². The van der Waals surface area contributed by atoms with Gasteiger partial charge in [-0.3, -0.25) is 19.2 Å². The fourth-order valence-electron chi connectivity index (χ4n) is 3.54. The monoisotopic (exact) mass is 609 g/mol. The maximum atomic E-state index is 12.9. The molecule has 0 saturated carbocycles. The van der Waals surface area contributed by atoms with Crippen molar-refractivity contribution >= 4 is 52.9 Å². The van der Waals surface area contributed by atoms with Crippen LogP contribution < -0.4 is 16.0 Å². The van der Waals surface area contributed by atoms with Crippen LogP contribution in [0.5, 0.6) is 0 Å². The van der Waals surface area contributed by atoms with Gasteiger partial charge in [0.1, 0.15) is 31.3 Å². The van der Waals surface area contributed by atoms with E-state index in [1.807, 2.05) is 6.07 Å². The molecule has 0 aromatic heterocycles. The maximum absolute atomic E-state index is 12.9. The Morgan fingerprint density at radius 2 is 1.46 bits per heavy atom. The number of hydrogen-bond acceptors (Lipinski definition) is 7. The minimum atomic E-state index is -1.42. The van der Waals surface area contributed by atoms with Gasteiger partial charge in [-0.1, -0.05) is 73.4 Å². The van der Waals surface area contributed by atoms with Crippen molar-refractivity contribution in [3.63, 3.8) is 0 Å². The number of hydrogen-bond donors (Lipinski definition) is 4. The molecule has 0 aliphatic heterocycles. The Morgan fingerprint density at radius 3 is 2.05 bits per heavy atom. The smallest absolute Gasteiger partial charge is 0.408 e. The third kappa shape index (κ3) is 11.4. The van der Waals surface area contributed by atoms with Gasteiger partial charge in [-0.05, 0) is 30.5 Å². The molecule has 2 rings (SSSR count). The lowest BCUT2D eigenvalue weighted by Gasteiger charge is -2.24.